The molecule has 112 valence electrons. The lowest BCUT2D eigenvalue weighted by Crippen LogP contribution is -2.42. The van der Waals surface area contributed by atoms with Gasteiger partial charge in [-0.3, -0.25) is 9.59 Å². The molecule has 0 aliphatic rings. The second-order valence-electron chi connectivity index (χ2n) is 5.55. The molecule has 0 radical (unpaired) electrons. The Labute approximate surface area is 127 Å². The minimum atomic E-state index is -0.591. The Bertz CT molecular complexity index is 724. The van der Waals surface area contributed by atoms with Crippen molar-refractivity contribution in [2.24, 2.45) is 7.05 Å². The van der Waals surface area contributed by atoms with Gasteiger partial charge in [0.15, 0.2) is 0 Å². The molecule has 2 heterocycles. The van der Waals surface area contributed by atoms with Gasteiger partial charge in [0.1, 0.15) is 10.7 Å². The van der Waals surface area contributed by atoms with E-state index in [-0.39, 0.29) is 11.5 Å². The minimum Gasteiger partial charge on any atom is -0.339 e. The van der Waals surface area contributed by atoms with Crippen LogP contribution < -0.4 is 10.9 Å². The maximum absolute atomic E-state index is 12.4. The van der Waals surface area contributed by atoms with Crippen molar-refractivity contribution in [1.29, 1.82) is 0 Å². The monoisotopic (exact) mass is 305 g/mol. The van der Waals surface area contributed by atoms with Gasteiger partial charge in [-0.2, -0.15) is 0 Å². The number of hydrogen-bond acceptors (Lipinski definition) is 4. The van der Waals surface area contributed by atoms with Gasteiger partial charge in [0.25, 0.3) is 11.5 Å². The normalized spacial score (nSPS) is 11.5. The Morgan fingerprint density at radius 3 is 2.57 bits per heavy atom. The highest BCUT2D eigenvalue weighted by Crippen LogP contribution is 2.27. The van der Waals surface area contributed by atoms with Crippen molar-refractivity contribution < 1.29 is 4.79 Å². The second-order valence-corrected chi connectivity index (χ2v) is 6.75. The van der Waals surface area contributed by atoms with Crippen molar-refractivity contribution in [3.8, 4) is 0 Å². The maximum Gasteiger partial charge on any atom is 0.268 e. The fourth-order valence-corrected chi connectivity index (χ4v) is 2.91. The summed E-state index contributed by atoms with van der Waals surface area (Å²) < 4.78 is 1.34. The molecule has 0 atom stereocenters. The standard InChI is InChI=1S/C15H19N3O2S/c1-9-10(2)21-14(16-9)15(3,4)17-13(20)11-7-6-8-12(19)18(11)5/h6-8H,1-5H3,(H,17,20). The fourth-order valence-electron chi connectivity index (χ4n) is 1.93. The van der Waals surface area contributed by atoms with Crippen LogP contribution in [0.3, 0.4) is 0 Å². The van der Waals surface area contributed by atoms with E-state index < -0.39 is 5.54 Å². The predicted octanol–water partition coefficient (Wildman–Crippen LogP) is 2.12. The number of amides is 1. The molecule has 2 rings (SSSR count). The number of nitrogens with one attached hydrogen (secondary N) is 1. The number of aromatic nitrogens is 2. The third kappa shape index (κ3) is 3.05. The van der Waals surface area contributed by atoms with E-state index in [1.54, 1.807) is 30.5 Å². The zero-order valence-corrected chi connectivity index (χ0v) is 13.7. The fraction of sp³-hybridized carbons (Fsp3) is 0.400. The average Bonchev–Trinajstić information content (AvgIpc) is 2.73. The van der Waals surface area contributed by atoms with Crippen molar-refractivity contribution in [1.82, 2.24) is 14.9 Å². The first-order valence-electron chi connectivity index (χ1n) is 6.65. The number of carbonyl (C=O) groups excluding carboxylic acids is 1. The molecule has 0 aliphatic heterocycles. The number of aryl methyl sites for hydroxylation is 2. The number of carbonyl (C=O) groups is 1. The van der Waals surface area contributed by atoms with E-state index in [0.29, 0.717) is 5.69 Å². The van der Waals surface area contributed by atoms with Gasteiger partial charge in [0, 0.05) is 18.0 Å². The summed E-state index contributed by atoms with van der Waals surface area (Å²) in [6, 6.07) is 4.64. The molecule has 0 spiro atoms. The van der Waals surface area contributed by atoms with Crippen LogP contribution in [-0.4, -0.2) is 15.5 Å². The molecule has 1 N–H and O–H groups in total. The van der Waals surface area contributed by atoms with E-state index in [9.17, 15) is 9.59 Å². The first-order valence-corrected chi connectivity index (χ1v) is 7.47. The Hall–Kier alpha value is -1.95. The summed E-state index contributed by atoms with van der Waals surface area (Å²) in [6.45, 7) is 7.77. The third-order valence-corrected chi connectivity index (χ3v) is 4.80. The predicted molar refractivity (Wildman–Crippen MR) is 83.8 cm³/mol. The average molecular weight is 305 g/mol. The van der Waals surface area contributed by atoms with Crippen LogP contribution >= 0.6 is 11.3 Å². The van der Waals surface area contributed by atoms with Gasteiger partial charge in [0.2, 0.25) is 0 Å². The molecule has 2 aromatic heterocycles. The van der Waals surface area contributed by atoms with Crippen molar-refractivity contribution in [2.45, 2.75) is 33.2 Å². The highest BCUT2D eigenvalue weighted by atomic mass is 32.1. The van der Waals surface area contributed by atoms with Crippen LogP contribution in [0, 0.1) is 13.8 Å². The molecular formula is C15H19N3O2S. The Kier molecular flexibility index (Phi) is 4.00. The minimum absolute atomic E-state index is 0.207. The van der Waals surface area contributed by atoms with E-state index in [2.05, 4.69) is 10.3 Å². The van der Waals surface area contributed by atoms with Crippen molar-refractivity contribution in [3.63, 3.8) is 0 Å². The van der Waals surface area contributed by atoms with Crippen LogP contribution in [0.4, 0.5) is 0 Å². The molecule has 5 nitrogen and oxygen atoms in total. The Morgan fingerprint density at radius 1 is 1.33 bits per heavy atom. The zero-order valence-electron chi connectivity index (χ0n) is 12.9. The number of nitrogens with zero attached hydrogens (tertiary/aromatic N) is 2. The molecule has 2 aromatic rings. The van der Waals surface area contributed by atoms with Gasteiger partial charge in [-0.05, 0) is 33.8 Å². The van der Waals surface area contributed by atoms with Crippen LogP contribution in [0.15, 0.2) is 23.0 Å². The van der Waals surface area contributed by atoms with E-state index in [1.165, 1.54) is 10.6 Å². The maximum atomic E-state index is 12.4. The summed E-state index contributed by atoms with van der Waals surface area (Å²) in [5, 5.41) is 3.80. The van der Waals surface area contributed by atoms with E-state index in [0.717, 1.165) is 15.6 Å². The molecule has 6 heteroatoms. The number of hydrogen-bond donors (Lipinski definition) is 1. The van der Waals surface area contributed by atoms with E-state index in [1.807, 2.05) is 27.7 Å². The SMILES string of the molecule is Cc1nc(C(C)(C)NC(=O)c2cccc(=O)n2C)sc1C. The first-order chi connectivity index (χ1) is 9.72. The van der Waals surface area contributed by atoms with Crippen LogP contribution in [0.1, 0.15) is 39.9 Å². The first kappa shape index (κ1) is 15.4. The van der Waals surface area contributed by atoms with Crippen molar-refractivity contribution in [2.75, 3.05) is 0 Å². The van der Waals surface area contributed by atoms with Gasteiger partial charge in [-0.15, -0.1) is 11.3 Å². The molecule has 1 amide bonds. The smallest absolute Gasteiger partial charge is 0.268 e. The largest absolute Gasteiger partial charge is 0.339 e. The molecule has 0 aromatic carbocycles. The lowest BCUT2D eigenvalue weighted by molar-refractivity contribution is 0.0902. The summed E-state index contributed by atoms with van der Waals surface area (Å²) in [7, 11) is 1.59. The molecule has 0 saturated carbocycles. The second kappa shape index (κ2) is 5.44. The number of rotatable bonds is 3. The molecule has 21 heavy (non-hydrogen) atoms. The van der Waals surface area contributed by atoms with E-state index in [4.69, 9.17) is 0 Å². The molecular weight excluding hydrogens is 286 g/mol. The Morgan fingerprint density at radius 2 is 2.00 bits per heavy atom. The summed E-state index contributed by atoms with van der Waals surface area (Å²) in [4.78, 5) is 29.6. The summed E-state index contributed by atoms with van der Waals surface area (Å²) in [5.74, 6) is -0.286. The van der Waals surface area contributed by atoms with Crippen LogP contribution in [0.25, 0.3) is 0 Å². The highest BCUT2D eigenvalue weighted by Gasteiger charge is 2.28. The highest BCUT2D eigenvalue weighted by molar-refractivity contribution is 7.11. The molecule has 0 bridgehead atoms. The lowest BCUT2D eigenvalue weighted by atomic mass is 10.1. The summed E-state index contributed by atoms with van der Waals surface area (Å²) in [6.07, 6.45) is 0. The van der Waals surface area contributed by atoms with Crippen LogP contribution in [-0.2, 0) is 12.6 Å². The summed E-state index contributed by atoms with van der Waals surface area (Å²) in [5.41, 5.74) is 0.513. The quantitative estimate of drug-likeness (QED) is 0.944. The number of thiazole rings is 1. The summed E-state index contributed by atoms with van der Waals surface area (Å²) >= 11 is 1.57. The molecule has 0 fully saturated rings. The van der Waals surface area contributed by atoms with Gasteiger partial charge in [-0.25, -0.2) is 4.98 Å². The van der Waals surface area contributed by atoms with Gasteiger partial charge in [-0.1, -0.05) is 6.07 Å². The van der Waals surface area contributed by atoms with Gasteiger partial charge >= 0.3 is 0 Å². The molecule has 0 saturated heterocycles. The number of pyridine rings is 1. The van der Waals surface area contributed by atoms with E-state index >= 15 is 0 Å². The van der Waals surface area contributed by atoms with Gasteiger partial charge in [0.05, 0.1) is 11.2 Å². The zero-order chi connectivity index (χ0) is 15.8. The molecule has 0 unspecified atom stereocenters. The van der Waals surface area contributed by atoms with Crippen LogP contribution in [0.2, 0.25) is 0 Å². The third-order valence-electron chi connectivity index (χ3n) is 3.41. The van der Waals surface area contributed by atoms with Crippen LogP contribution in [0.5, 0.6) is 0 Å². The lowest BCUT2D eigenvalue weighted by Gasteiger charge is -2.24. The van der Waals surface area contributed by atoms with Crippen molar-refractivity contribution in [3.05, 3.63) is 49.8 Å². The van der Waals surface area contributed by atoms with Gasteiger partial charge < -0.3 is 9.88 Å². The Balaban J connectivity index is 2.29. The topological polar surface area (TPSA) is 64.0 Å². The van der Waals surface area contributed by atoms with Crippen molar-refractivity contribution >= 4 is 17.2 Å². The molecule has 0 aliphatic carbocycles.